The quantitative estimate of drug-likeness (QED) is 0.896. The second-order valence-corrected chi connectivity index (χ2v) is 5.48. The van der Waals surface area contributed by atoms with E-state index in [1.54, 1.807) is 19.3 Å². The van der Waals surface area contributed by atoms with Gasteiger partial charge in [0.15, 0.2) is 17.3 Å². The van der Waals surface area contributed by atoms with Crippen molar-refractivity contribution in [2.75, 3.05) is 13.7 Å². The molecule has 0 radical (unpaired) electrons. The number of hydrogen-bond donors (Lipinski definition) is 1. The first-order valence-electron chi connectivity index (χ1n) is 6.99. The van der Waals surface area contributed by atoms with Gasteiger partial charge in [-0.05, 0) is 42.2 Å². The van der Waals surface area contributed by atoms with Crippen molar-refractivity contribution in [2.24, 2.45) is 0 Å². The molecule has 1 N–H and O–H groups in total. The Morgan fingerprint density at radius 3 is 2.95 bits per heavy atom. The van der Waals surface area contributed by atoms with E-state index in [1.165, 1.54) is 5.56 Å². The molecule has 1 aliphatic carbocycles. The Balaban J connectivity index is 1.80. The predicted octanol–water partition coefficient (Wildman–Crippen LogP) is 2.05. The maximum Gasteiger partial charge on any atom is 0.160 e. The molecule has 106 valence electrons. The van der Waals surface area contributed by atoms with Gasteiger partial charge in [-0.3, -0.25) is 9.69 Å². The summed E-state index contributed by atoms with van der Waals surface area (Å²) in [6.07, 6.45) is 6.13. The van der Waals surface area contributed by atoms with E-state index in [4.69, 9.17) is 4.74 Å². The molecule has 4 heteroatoms. The second-order valence-electron chi connectivity index (χ2n) is 5.48. The number of rotatable bonds is 2. The fourth-order valence-electron chi connectivity index (χ4n) is 3.09. The highest BCUT2D eigenvalue weighted by Gasteiger charge is 2.26. The fourth-order valence-corrected chi connectivity index (χ4v) is 3.09. The maximum atomic E-state index is 11.5. The number of hydrogen-bond acceptors (Lipinski definition) is 4. The number of phenolic OH excluding ortho intramolecular Hbond substituents is 1. The normalized spacial score (nSPS) is 22.6. The van der Waals surface area contributed by atoms with Crippen molar-refractivity contribution in [3.8, 4) is 11.5 Å². The first kappa shape index (κ1) is 13.2. The van der Waals surface area contributed by atoms with Gasteiger partial charge in [-0.15, -0.1) is 0 Å². The van der Waals surface area contributed by atoms with E-state index in [2.05, 4.69) is 4.90 Å². The van der Waals surface area contributed by atoms with Gasteiger partial charge in [-0.2, -0.15) is 0 Å². The van der Waals surface area contributed by atoms with Crippen LogP contribution < -0.4 is 4.74 Å². The van der Waals surface area contributed by atoms with Crippen LogP contribution in [0.25, 0.3) is 0 Å². The topological polar surface area (TPSA) is 49.8 Å². The van der Waals surface area contributed by atoms with E-state index in [9.17, 15) is 9.90 Å². The molecule has 0 bridgehead atoms. The van der Waals surface area contributed by atoms with Crippen molar-refractivity contribution in [2.45, 2.75) is 31.8 Å². The van der Waals surface area contributed by atoms with Crippen LogP contribution in [-0.4, -0.2) is 35.5 Å². The van der Waals surface area contributed by atoms with Crippen LogP contribution in [0.4, 0.5) is 0 Å². The van der Waals surface area contributed by atoms with Crippen LogP contribution in [0.2, 0.25) is 0 Å². The monoisotopic (exact) mass is 273 g/mol. The number of carbonyl (C=O) groups is 1. The van der Waals surface area contributed by atoms with E-state index in [1.807, 2.05) is 12.1 Å². The lowest BCUT2D eigenvalue weighted by Crippen LogP contribution is -2.41. The SMILES string of the molecule is COc1cc2c(cc1O)CN([C@@H]1CC=CC(=O)C1)CC2. The first-order valence-corrected chi connectivity index (χ1v) is 6.99. The molecule has 0 saturated heterocycles. The van der Waals surface area contributed by atoms with Gasteiger partial charge >= 0.3 is 0 Å². The molecule has 0 unspecified atom stereocenters. The lowest BCUT2D eigenvalue weighted by atomic mass is 9.93. The van der Waals surface area contributed by atoms with Crippen molar-refractivity contribution < 1.29 is 14.6 Å². The molecule has 3 rings (SSSR count). The molecule has 1 aromatic rings. The third-order valence-corrected chi connectivity index (χ3v) is 4.21. The van der Waals surface area contributed by atoms with Gasteiger partial charge in [0.25, 0.3) is 0 Å². The summed E-state index contributed by atoms with van der Waals surface area (Å²) in [4.78, 5) is 13.9. The molecule has 1 atom stereocenters. The van der Waals surface area contributed by atoms with E-state index < -0.39 is 0 Å². The Labute approximate surface area is 118 Å². The third kappa shape index (κ3) is 2.43. The summed E-state index contributed by atoms with van der Waals surface area (Å²) in [7, 11) is 1.57. The number of ketones is 1. The Bertz CT molecular complexity index is 565. The van der Waals surface area contributed by atoms with Gasteiger partial charge < -0.3 is 9.84 Å². The number of ether oxygens (including phenoxy) is 1. The molecule has 0 amide bonds. The van der Waals surface area contributed by atoms with Crippen LogP contribution in [0.3, 0.4) is 0 Å². The highest BCUT2D eigenvalue weighted by molar-refractivity contribution is 5.90. The average molecular weight is 273 g/mol. The minimum absolute atomic E-state index is 0.188. The van der Waals surface area contributed by atoms with Gasteiger partial charge in [0.2, 0.25) is 0 Å². The number of allylic oxidation sites excluding steroid dienone is 1. The smallest absolute Gasteiger partial charge is 0.160 e. The van der Waals surface area contributed by atoms with Gasteiger partial charge in [0.1, 0.15) is 0 Å². The zero-order valence-corrected chi connectivity index (χ0v) is 11.6. The van der Waals surface area contributed by atoms with Crippen molar-refractivity contribution in [3.05, 3.63) is 35.4 Å². The molecular weight excluding hydrogens is 254 g/mol. The summed E-state index contributed by atoms with van der Waals surface area (Å²) in [6, 6.07) is 4.01. The number of phenols is 1. The first-order chi connectivity index (χ1) is 9.67. The van der Waals surface area contributed by atoms with E-state index >= 15 is 0 Å². The second kappa shape index (κ2) is 5.29. The van der Waals surface area contributed by atoms with Crippen LogP contribution in [0.5, 0.6) is 11.5 Å². The predicted molar refractivity (Wildman–Crippen MR) is 75.9 cm³/mol. The summed E-state index contributed by atoms with van der Waals surface area (Å²) in [5.74, 6) is 0.935. The zero-order chi connectivity index (χ0) is 14.1. The minimum atomic E-state index is 0.188. The van der Waals surface area contributed by atoms with Gasteiger partial charge in [0, 0.05) is 25.6 Å². The van der Waals surface area contributed by atoms with Crippen molar-refractivity contribution in [1.82, 2.24) is 4.90 Å². The van der Waals surface area contributed by atoms with Gasteiger partial charge in [0.05, 0.1) is 7.11 Å². The average Bonchev–Trinajstić information content (AvgIpc) is 2.46. The van der Waals surface area contributed by atoms with Gasteiger partial charge in [-0.25, -0.2) is 0 Å². The maximum absolute atomic E-state index is 11.5. The Kier molecular flexibility index (Phi) is 3.49. The van der Waals surface area contributed by atoms with Crippen LogP contribution in [0.1, 0.15) is 24.0 Å². The largest absolute Gasteiger partial charge is 0.504 e. The van der Waals surface area contributed by atoms with E-state index in [0.29, 0.717) is 18.2 Å². The number of methoxy groups -OCH3 is 1. The Morgan fingerprint density at radius 2 is 2.20 bits per heavy atom. The molecule has 20 heavy (non-hydrogen) atoms. The van der Waals surface area contributed by atoms with Crippen molar-refractivity contribution in [1.29, 1.82) is 0 Å². The van der Waals surface area contributed by atoms with Crippen molar-refractivity contribution >= 4 is 5.78 Å². The molecule has 1 heterocycles. The molecule has 4 nitrogen and oxygen atoms in total. The summed E-state index contributed by atoms with van der Waals surface area (Å²) in [5, 5.41) is 9.90. The third-order valence-electron chi connectivity index (χ3n) is 4.21. The van der Waals surface area contributed by atoms with E-state index in [-0.39, 0.29) is 11.5 Å². The molecule has 0 fully saturated rings. The van der Waals surface area contributed by atoms with Crippen LogP contribution in [-0.2, 0) is 17.8 Å². The molecule has 0 spiro atoms. The van der Waals surface area contributed by atoms with Crippen LogP contribution in [0.15, 0.2) is 24.3 Å². The van der Waals surface area contributed by atoms with Crippen molar-refractivity contribution in [3.63, 3.8) is 0 Å². The summed E-state index contributed by atoms with van der Waals surface area (Å²) in [5.41, 5.74) is 2.37. The number of carbonyl (C=O) groups excluding carboxylic acids is 1. The molecule has 1 aliphatic heterocycles. The summed E-state index contributed by atoms with van der Waals surface area (Å²) < 4.78 is 5.15. The Hall–Kier alpha value is -1.81. The van der Waals surface area contributed by atoms with Gasteiger partial charge in [-0.1, -0.05) is 6.08 Å². The Morgan fingerprint density at radius 1 is 1.35 bits per heavy atom. The standard InChI is InChI=1S/C16H19NO3/c1-20-16-8-11-5-6-17(10-12(11)7-15(16)19)13-3-2-4-14(18)9-13/h2,4,7-8,13,19H,3,5-6,9-10H2,1H3/t13-/m1/s1. The molecule has 2 aliphatic rings. The molecule has 0 aromatic heterocycles. The minimum Gasteiger partial charge on any atom is -0.504 e. The van der Waals surface area contributed by atoms with Crippen LogP contribution in [0, 0.1) is 0 Å². The number of fused-ring (bicyclic) bond motifs is 1. The summed E-state index contributed by atoms with van der Waals surface area (Å²) in [6.45, 7) is 1.74. The lowest BCUT2D eigenvalue weighted by Gasteiger charge is -2.36. The van der Waals surface area contributed by atoms with E-state index in [0.717, 1.165) is 31.5 Å². The zero-order valence-electron chi connectivity index (χ0n) is 11.6. The number of nitrogens with zero attached hydrogens (tertiary/aromatic N) is 1. The highest BCUT2D eigenvalue weighted by Crippen LogP contribution is 2.33. The van der Waals surface area contributed by atoms with Crippen LogP contribution >= 0.6 is 0 Å². The molecule has 0 saturated carbocycles. The highest BCUT2D eigenvalue weighted by atomic mass is 16.5. The molecular formula is C16H19NO3. The number of aromatic hydroxyl groups is 1. The molecule has 1 aromatic carbocycles. The fraction of sp³-hybridized carbons (Fsp3) is 0.438. The lowest BCUT2D eigenvalue weighted by molar-refractivity contribution is -0.116. The number of benzene rings is 1. The summed E-state index contributed by atoms with van der Waals surface area (Å²) >= 11 is 0.